The van der Waals surface area contributed by atoms with Gasteiger partial charge in [0.25, 0.3) is 0 Å². The van der Waals surface area contributed by atoms with Crippen LogP contribution in [0.2, 0.25) is 0 Å². The summed E-state index contributed by atoms with van der Waals surface area (Å²) in [6.45, 7) is 11.9. The molecule has 0 unspecified atom stereocenters. The number of aliphatic hydroxyl groups is 4. The Balaban J connectivity index is 1.57. The van der Waals surface area contributed by atoms with Crippen molar-refractivity contribution in [3.05, 3.63) is 68.8 Å². The number of carbonyl (C=O) groups is 1. The van der Waals surface area contributed by atoms with Crippen molar-refractivity contribution in [2.45, 2.75) is 110 Å². The van der Waals surface area contributed by atoms with Crippen LogP contribution in [-0.4, -0.2) is 90.8 Å². The standard InChI is InChI=1S/C38H48N4O8/c1-8-22-18(3)28-14-31-24(16-49-38-37(47)36(46)35(45)32(15-43)50-38)20(5)27(41-31)13-29-19(4)23(9-10-33(44)48-7)34(42-29)21(6)26-11-17(2)25(39-26)12-30(22)40-28/h11-14,19,23,32,35-38,40-41,43,45-47H,8-10,15-16H2,1-7H3/t19-,23-,32+,35+,36-,37+,38+/m0/s1. The van der Waals surface area contributed by atoms with Gasteiger partial charge in [0.05, 0.1) is 31.7 Å². The number of hydrogen-bond donors (Lipinski definition) is 6. The van der Waals surface area contributed by atoms with Gasteiger partial charge in [-0.15, -0.1) is 0 Å². The highest BCUT2D eigenvalue weighted by Crippen LogP contribution is 2.42. The molecule has 8 bridgehead atoms. The summed E-state index contributed by atoms with van der Waals surface area (Å²) < 4.78 is 16.7. The third-order valence-corrected chi connectivity index (χ3v) is 10.7. The number of carbonyl (C=O) groups excluding carboxylic acids is 1. The van der Waals surface area contributed by atoms with Gasteiger partial charge in [-0.25, -0.2) is 4.98 Å². The van der Waals surface area contributed by atoms with Crippen molar-refractivity contribution in [1.29, 1.82) is 0 Å². The Kier molecular flexibility index (Phi) is 10.3. The van der Waals surface area contributed by atoms with Gasteiger partial charge in [-0.1, -0.05) is 13.8 Å². The minimum absolute atomic E-state index is 0.00275. The predicted octanol–water partition coefficient (Wildman–Crippen LogP) is 4.52. The molecule has 268 valence electrons. The zero-order valence-corrected chi connectivity index (χ0v) is 29.7. The number of aromatic nitrogens is 4. The highest BCUT2D eigenvalue weighted by Gasteiger charge is 2.44. The Bertz CT molecular complexity index is 1980. The Hall–Kier alpha value is -3.91. The topological polar surface area (TPSA) is 183 Å². The minimum Gasteiger partial charge on any atom is -0.469 e. The number of ether oxygens (including phenoxy) is 3. The molecule has 6 rings (SSSR count). The summed E-state index contributed by atoms with van der Waals surface area (Å²) in [5, 5.41) is 41.0. The quantitative estimate of drug-likeness (QED) is 0.184. The first-order valence-electron chi connectivity index (χ1n) is 17.3. The molecule has 50 heavy (non-hydrogen) atoms. The zero-order valence-electron chi connectivity index (χ0n) is 29.7. The van der Waals surface area contributed by atoms with E-state index in [0.717, 1.165) is 79.1 Å². The molecule has 12 nitrogen and oxygen atoms in total. The monoisotopic (exact) mass is 688 g/mol. The van der Waals surface area contributed by atoms with Gasteiger partial charge in [0, 0.05) is 57.3 Å². The zero-order chi connectivity index (χ0) is 36.0. The van der Waals surface area contributed by atoms with Crippen LogP contribution in [0, 0.1) is 20.8 Å². The molecule has 6 heterocycles. The molecule has 1 fully saturated rings. The first kappa shape index (κ1) is 35.9. The van der Waals surface area contributed by atoms with E-state index in [1.165, 1.54) is 12.7 Å². The van der Waals surface area contributed by atoms with Crippen LogP contribution in [-0.2, 0) is 32.0 Å². The molecule has 0 saturated carbocycles. The average Bonchev–Trinajstić information content (AvgIpc) is 3.80. The van der Waals surface area contributed by atoms with Crippen LogP contribution < -0.4 is 0 Å². The predicted molar refractivity (Wildman–Crippen MR) is 189 cm³/mol. The number of nitrogens with zero attached hydrogens (tertiary/aromatic N) is 2. The minimum atomic E-state index is -1.55. The summed E-state index contributed by atoms with van der Waals surface area (Å²) in [7, 11) is 1.40. The van der Waals surface area contributed by atoms with Crippen LogP contribution in [0.1, 0.15) is 96.0 Å². The maximum absolute atomic E-state index is 12.2. The lowest BCUT2D eigenvalue weighted by atomic mass is 9.86. The van der Waals surface area contributed by atoms with Crippen LogP contribution in [0.25, 0.3) is 33.7 Å². The average molecular weight is 689 g/mol. The van der Waals surface area contributed by atoms with Crippen molar-refractivity contribution < 1.29 is 39.4 Å². The number of H-pyrrole nitrogens is 2. The highest BCUT2D eigenvalue weighted by atomic mass is 16.7. The fraction of sp³-hybridized carbons (Fsp3) is 0.500. The number of esters is 1. The van der Waals surface area contributed by atoms with Crippen molar-refractivity contribution in [2.75, 3.05) is 13.7 Å². The molecule has 3 aromatic heterocycles. The Labute approximate surface area is 291 Å². The molecule has 0 radical (unpaired) electrons. The van der Waals surface area contributed by atoms with Crippen LogP contribution in [0.5, 0.6) is 0 Å². The smallest absolute Gasteiger partial charge is 0.305 e. The van der Waals surface area contributed by atoms with Crippen molar-refractivity contribution in [2.24, 2.45) is 0 Å². The second-order valence-corrected chi connectivity index (χ2v) is 13.7. The number of fused-ring (bicyclic) bond motifs is 8. The highest BCUT2D eigenvalue weighted by molar-refractivity contribution is 5.85. The van der Waals surface area contributed by atoms with Crippen LogP contribution in [0.15, 0.2) is 18.2 Å². The Morgan fingerprint density at radius 2 is 1.58 bits per heavy atom. The number of aryl methyl sites for hydroxylation is 3. The maximum atomic E-state index is 12.2. The summed E-state index contributed by atoms with van der Waals surface area (Å²) in [5.74, 6) is -0.303. The van der Waals surface area contributed by atoms with Crippen LogP contribution in [0.3, 0.4) is 0 Å². The molecule has 3 aliphatic rings. The lowest BCUT2D eigenvalue weighted by Gasteiger charge is -2.39. The molecule has 0 amide bonds. The fourth-order valence-corrected chi connectivity index (χ4v) is 7.39. The summed E-state index contributed by atoms with van der Waals surface area (Å²) in [6, 6.07) is 6.17. The number of hydrogen-bond acceptors (Lipinski definition) is 10. The molecular formula is C38H48N4O8. The molecule has 7 atom stereocenters. The van der Waals surface area contributed by atoms with Gasteiger partial charge in [0.2, 0.25) is 0 Å². The van der Waals surface area contributed by atoms with Gasteiger partial charge in [-0.3, -0.25) is 9.78 Å². The van der Waals surface area contributed by atoms with Gasteiger partial charge >= 0.3 is 5.97 Å². The van der Waals surface area contributed by atoms with Gasteiger partial charge in [0.15, 0.2) is 6.29 Å². The van der Waals surface area contributed by atoms with Crippen molar-refractivity contribution in [3.8, 4) is 0 Å². The SMILES string of the molecule is CCc1c(C)c2cc3[nH]c(cc4nc(c(C)c5nc(cc1[nH]2)C(C)=C5)[C@@H](CCC(=O)OC)[C@@H]4C)c(C)c3CO[C@@H]1O[C@H](CO)[C@@H](O)[C@H](O)[C@H]1O. The van der Waals surface area contributed by atoms with Gasteiger partial charge in [0.1, 0.15) is 24.4 Å². The molecule has 0 aromatic carbocycles. The molecule has 3 aromatic rings. The maximum Gasteiger partial charge on any atom is 0.305 e. The number of rotatable bonds is 8. The van der Waals surface area contributed by atoms with E-state index in [0.29, 0.717) is 6.42 Å². The molecule has 0 aliphatic carbocycles. The third-order valence-electron chi connectivity index (χ3n) is 10.7. The summed E-state index contributed by atoms with van der Waals surface area (Å²) >= 11 is 0. The van der Waals surface area contributed by atoms with E-state index in [1.54, 1.807) is 0 Å². The number of allylic oxidation sites excluding steroid dienone is 1. The summed E-state index contributed by atoms with van der Waals surface area (Å²) in [6.07, 6.45) is -3.15. The number of aromatic amines is 2. The number of nitrogens with one attached hydrogen (secondary N) is 2. The molecule has 0 spiro atoms. The lowest BCUT2D eigenvalue weighted by Crippen LogP contribution is -2.59. The Morgan fingerprint density at radius 3 is 2.26 bits per heavy atom. The summed E-state index contributed by atoms with van der Waals surface area (Å²) in [4.78, 5) is 29.7. The van der Waals surface area contributed by atoms with E-state index >= 15 is 0 Å². The summed E-state index contributed by atoms with van der Waals surface area (Å²) in [5.41, 5.74) is 13.0. The fourth-order valence-electron chi connectivity index (χ4n) is 7.39. The molecule has 3 aliphatic heterocycles. The Morgan fingerprint density at radius 1 is 0.900 bits per heavy atom. The third kappa shape index (κ3) is 6.52. The van der Waals surface area contributed by atoms with Crippen LogP contribution in [0.4, 0.5) is 0 Å². The van der Waals surface area contributed by atoms with Crippen molar-refractivity contribution in [3.63, 3.8) is 0 Å². The van der Waals surface area contributed by atoms with Crippen molar-refractivity contribution in [1.82, 2.24) is 19.9 Å². The number of methoxy groups -OCH3 is 1. The van der Waals surface area contributed by atoms with Crippen molar-refractivity contribution >= 4 is 39.7 Å². The van der Waals surface area contributed by atoms with Gasteiger partial charge in [-0.05, 0) is 92.6 Å². The second kappa shape index (κ2) is 14.4. The van der Waals surface area contributed by atoms with E-state index in [9.17, 15) is 25.2 Å². The van der Waals surface area contributed by atoms with E-state index in [1.807, 2.05) is 26.0 Å². The van der Waals surface area contributed by atoms with Gasteiger partial charge < -0.3 is 44.6 Å². The van der Waals surface area contributed by atoms with E-state index in [2.05, 4.69) is 49.8 Å². The first-order valence-corrected chi connectivity index (χ1v) is 17.3. The van der Waals surface area contributed by atoms with E-state index < -0.39 is 37.3 Å². The first-order chi connectivity index (χ1) is 23.9. The molecular weight excluding hydrogens is 640 g/mol. The largest absolute Gasteiger partial charge is 0.469 e. The molecule has 1 saturated heterocycles. The van der Waals surface area contributed by atoms with Gasteiger partial charge in [-0.2, -0.15) is 0 Å². The number of aliphatic hydroxyl groups excluding tert-OH is 4. The lowest BCUT2D eigenvalue weighted by molar-refractivity contribution is -0.304. The molecule has 12 heteroatoms. The molecule has 6 N–H and O–H groups in total. The normalized spacial score (nSPS) is 25.1. The van der Waals surface area contributed by atoms with Crippen LogP contribution >= 0.6 is 0 Å². The second-order valence-electron chi connectivity index (χ2n) is 13.7. The van der Waals surface area contributed by atoms with E-state index in [-0.39, 0.29) is 30.8 Å². The van der Waals surface area contributed by atoms with E-state index in [4.69, 9.17) is 24.2 Å².